The first-order chi connectivity index (χ1) is 17.6. The second-order valence-corrected chi connectivity index (χ2v) is 14.3. The van der Waals surface area contributed by atoms with E-state index in [2.05, 4.69) is 10.3 Å². The summed E-state index contributed by atoms with van der Waals surface area (Å²) in [5.41, 5.74) is 2.87. The molecule has 1 aliphatic heterocycles. The van der Waals surface area contributed by atoms with Gasteiger partial charge >= 0.3 is 11.9 Å². The standard InChI is InChI=1S/C24H31N3O9S2/c1-27(13-26-21(37(2,32)33)12-36-38(3,34)35)11-15(17(24(30)31)9-22(28)29)7-18-16-5-4-6-19-23(16)14(10-25-19)8-20(18)27/h4-6,9-10,15,18,20-21,25-26H,7-8,11-13H2,1-3H3,(H-,28,29,30,31)/p+1/b17-9+/t15?,18?,20-,21?,27?/m1/s1. The molecular formula is C24H32N3O9S2+. The van der Waals surface area contributed by atoms with Crippen LogP contribution < -0.4 is 5.32 Å². The van der Waals surface area contributed by atoms with Crippen molar-refractivity contribution in [3.63, 3.8) is 0 Å². The van der Waals surface area contributed by atoms with E-state index in [-0.39, 0.29) is 35.2 Å². The number of aromatic amines is 1. The number of likely N-dealkylation sites (tertiary alicyclic amines) is 1. The molecule has 0 saturated carbocycles. The second kappa shape index (κ2) is 10.1. The lowest BCUT2D eigenvalue weighted by Gasteiger charge is -2.53. The summed E-state index contributed by atoms with van der Waals surface area (Å²) in [5.74, 6) is -3.43. The van der Waals surface area contributed by atoms with Crippen LogP contribution in [0, 0.1) is 5.92 Å². The molecule has 1 fully saturated rings. The number of fused-ring (bicyclic) bond motifs is 2. The second-order valence-electron chi connectivity index (χ2n) is 10.5. The van der Waals surface area contributed by atoms with E-state index in [1.165, 1.54) is 0 Å². The Morgan fingerprint density at radius 1 is 1.24 bits per heavy atom. The molecule has 38 heavy (non-hydrogen) atoms. The van der Waals surface area contributed by atoms with Gasteiger partial charge in [-0.2, -0.15) is 8.42 Å². The fraction of sp³-hybridized carbons (Fsp3) is 0.500. The number of benzene rings is 1. The van der Waals surface area contributed by atoms with Crippen molar-refractivity contribution in [2.45, 2.75) is 30.2 Å². The van der Waals surface area contributed by atoms with Gasteiger partial charge in [-0.15, -0.1) is 0 Å². The molecule has 1 aromatic carbocycles. The van der Waals surface area contributed by atoms with Gasteiger partial charge < -0.3 is 19.7 Å². The van der Waals surface area contributed by atoms with E-state index in [1.54, 1.807) is 0 Å². The lowest BCUT2D eigenvalue weighted by Crippen LogP contribution is -2.66. The first kappa shape index (κ1) is 28.2. The minimum atomic E-state index is -3.89. The topological polar surface area (TPSA) is 180 Å². The summed E-state index contributed by atoms with van der Waals surface area (Å²) in [5, 5.41) is 21.9. The number of hydrogen-bond donors (Lipinski definition) is 4. The van der Waals surface area contributed by atoms with Crippen molar-refractivity contribution in [3.05, 3.63) is 47.2 Å². The number of aromatic nitrogens is 1. The number of likely N-dealkylation sites (N-methyl/N-ethyl adjacent to an activating group) is 1. The van der Waals surface area contributed by atoms with Crippen LogP contribution in [0.2, 0.25) is 0 Å². The normalized spacial score (nSPS) is 26.6. The number of carboxylic acid groups (broad SMARTS) is 2. The zero-order chi connectivity index (χ0) is 28.0. The van der Waals surface area contributed by atoms with Crippen LogP contribution in [0.1, 0.15) is 23.5 Å². The summed E-state index contributed by atoms with van der Waals surface area (Å²) < 4.78 is 52.9. The van der Waals surface area contributed by atoms with Crippen LogP contribution in [-0.4, -0.2) is 99.2 Å². The molecule has 1 aliphatic carbocycles. The largest absolute Gasteiger partial charge is 0.478 e. The van der Waals surface area contributed by atoms with Crippen molar-refractivity contribution in [3.8, 4) is 0 Å². The quantitative estimate of drug-likeness (QED) is 0.180. The minimum Gasteiger partial charge on any atom is -0.478 e. The fourth-order valence-corrected chi connectivity index (χ4v) is 7.18. The zero-order valence-corrected chi connectivity index (χ0v) is 22.9. The Labute approximate surface area is 220 Å². The van der Waals surface area contributed by atoms with Crippen molar-refractivity contribution >= 4 is 42.8 Å². The van der Waals surface area contributed by atoms with Gasteiger partial charge in [-0.05, 0) is 23.6 Å². The number of hydrogen-bond acceptors (Lipinski definition) is 8. The van der Waals surface area contributed by atoms with E-state index < -0.39 is 49.8 Å². The molecule has 1 saturated heterocycles. The summed E-state index contributed by atoms with van der Waals surface area (Å²) in [7, 11) is -5.78. The molecule has 0 spiro atoms. The lowest BCUT2D eigenvalue weighted by molar-refractivity contribution is -0.945. The molecule has 2 heterocycles. The molecule has 1 aromatic heterocycles. The lowest BCUT2D eigenvalue weighted by atomic mass is 9.69. The van der Waals surface area contributed by atoms with Crippen molar-refractivity contribution in [2.24, 2.45) is 5.92 Å². The first-order valence-corrected chi connectivity index (χ1v) is 15.7. The molecule has 208 valence electrons. The van der Waals surface area contributed by atoms with Gasteiger partial charge in [0.05, 0.1) is 32.0 Å². The molecule has 5 atom stereocenters. The van der Waals surface area contributed by atoms with Gasteiger partial charge in [0, 0.05) is 47.7 Å². The summed E-state index contributed by atoms with van der Waals surface area (Å²) in [4.78, 5) is 26.9. The molecule has 0 radical (unpaired) electrons. The fourth-order valence-electron chi connectivity index (χ4n) is 6.01. The van der Waals surface area contributed by atoms with Gasteiger partial charge in [-0.3, -0.25) is 9.50 Å². The SMILES string of the molecule is C[N+]1(CNC(COS(C)(=O)=O)S(C)(=O)=O)CC(/C(=C\C(=O)O)C(=O)O)CC2c3cccc4[nH]cc(c34)C[C@H]21. The summed E-state index contributed by atoms with van der Waals surface area (Å²) in [6, 6.07) is 5.80. The van der Waals surface area contributed by atoms with Gasteiger partial charge in [0.15, 0.2) is 9.84 Å². The molecule has 2 aliphatic rings. The van der Waals surface area contributed by atoms with Gasteiger partial charge in [0.1, 0.15) is 18.1 Å². The van der Waals surface area contributed by atoms with E-state index >= 15 is 0 Å². The third-order valence-electron chi connectivity index (χ3n) is 7.69. The molecule has 0 bridgehead atoms. The number of aliphatic carboxylic acids is 2. The number of quaternary nitrogens is 1. The molecule has 2 aromatic rings. The van der Waals surface area contributed by atoms with Crippen molar-refractivity contribution < 1.29 is 45.3 Å². The molecule has 12 nitrogen and oxygen atoms in total. The Morgan fingerprint density at radius 2 is 1.95 bits per heavy atom. The van der Waals surface area contributed by atoms with Crippen molar-refractivity contribution in [1.29, 1.82) is 0 Å². The Morgan fingerprint density at radius 3 is 2.55 bits per heavy atom. The van der Waals surface area contributed by atoms with Gasteiger partial charge in [-0.1, -0.05) is 12.1 Å². The average molecular weight is 571 g/mol. The molecule has 14 heteroatoms. The maximum Gasteiger partial charge on any atom is 0.332 e. The van der Waals surface area contributed by atoms with Crippen LogP contribution in [0.3, 0.4) is 0 Å². The first-order valence-electron chi connectivity index (χ1n) is 12.0. The zero-order valence-electron chi connectivity index (χ0n) is 21.2. The molecule has 4 N–H and O–H groups in total. The summed E-state index contributed by atoms with van der Waals surface area (Å²) in [6.07, 6.45) is 5.54. The molecule has 4 rings (SSSR count). The highest BCUT2D eigenvalue weighted by molar-refractivity contribution is 7.91. The van der Waals surface area contributed by atoms with Crippen LogP contribution in [0.4, 0.5) is 0 Å². The van der Waals surface area contributed by atoms with E-state index in [4.69, 9.17) is 4.18 Å². The number of nitrogens with one attached hydrogen (secondary N) is 2. The average Bonchev–Trinajstić information content (AvgIpc) is 3.20. The van der Waals surface area contributed by atoms with Crippen molar-refractivity contribution in [1.82, 2.24) is 10.3 Å². The van der Waals surface area contributed by atoms with Crippen molar-refractivity contribution in [2.75, 3.05) is 39.4 Å². The number of sulfone groups is 1. The number of carboxylic acids is 2. The minimum absolute atomic E-state index is 0.0538. The van der Waals surface area contributed by atoms with Gasteiger partial charge in [0.25, 0.3) is 10.1 Å². The highest BCUT2D eigenvalue weighted by Crippen LogP contribution is 2.48. The van der Waals surface area contributed by atoms with E-state index in [9.17, 15) is 36.6 Å². The summed E-state index contributed by atoms with van der Waals surface area (Å²) in [6.45, 7) is -0.327. The van der Waals surface area contributed by atoms with Gasteiger partial charge in [0.2, 0.25) is 0 Å². The predicted molar refractivity (Wildman–Crippen MR) is 138 cm³/mol. The molecular weight excluding hydrogens is 538 g/mol. The molecule has 0 amide bonds. The third kappa shape index (κ3) is 5.78. The Bertz CT molecular complexity index is 1510. The monoisotopic (exact) mass is 570 g/mol. The number of piperidine rings is 1. The smallest absolute Gasteiger partial charge is 0.332 e. The highest BCUT2D eigenvalue weighted by Gasteiger charge is 2.51. The number of H-pyrrole nitrogens is 1. The Balaban J connectivity index is 1.74. The molecule has 4 unspecified atom stereocenters. The van der Waals surface area contributed by atoms with Crippen LogP contribution >= 0.6 is 0 Å². The Hall–Kier alpha value is -2.78. The summed E-state index contributed by atoms with van der Waals surface area (Å²) >= 11 is 0. The highest BCUT2D eigenvalue weighted by atomic mass is 32.2. The van der Waals surface area contributed by atoms with E-state index in [0.717, 1.165) is 40.6 Å². The van der Waals surface area contributed by atoms with Crippen LogP contribution in [-0.2, 0) is 40.1 Å². The van der Waals surface area contributed by atoms with Crippen LogP contribution in [0.25, 0.3) is 10.9 Å². The number of rotatable bonds is 10. The predicted octanol–water partition coefficient (Wildman–Crippen LogP) is 0.632. The van der Waals surface area contributed by atoms with E-state index in [0.29, 0.717) is 12.8 Å². The Kier molecular flexibility index (Phi) is 7.49. The van der Waals surface area contributed by atoms with Crippen LogP contribution in [0.15, 0.2) is 36.0 Å². The maximum atomic E-state index is 12.4. The maximum absolute atomic E-state index is 12.4. The number of nitrogens with zero attached hydrogens (tertiary/aromatic N) is 1. The van der Waals surface area contributed by atoms with Crippen LogP contribution in [0.5, 0.6) is 0 Å². The van der Waals surface area contributed by atoms with Gasteiger partial charge in [-0.25, -0.2) is 18.0 Å². The third-order valence-corrected chi connectivity index (χ3v) is 9.59. The number of carbonyl (C=O) groups is 2. The van der Waals surface area contributed by atoms with E-state index in [1.807, 2.05) is 31.4 Å².